The van der Waals surface area contributed by atoms with Crippen LogP contribution < -0.4 is 16.2 Å². The smallest absolute Gasteiger partial charge is 0.291 e. The van der Waals surface area contributed by atoms with Crippen molar-refractivity contribution in [2.75, 3.05) is 5.32 Å². The molecule has 2 heterocycles. The van der Waals surface area contributed by atoms with Gasteiger partial charge >= 0.3 is 0 Å². The topological polar surface area (TPSA) is 105 Å². The summed E-state index contributed by atoms with van der Waals surface area (Å²) in [5.41, 5.74) is 7.44. The first-order chi connectivity index (χ1) is 15.5. The fraction of sp³-hybridized carbons (Fsp3) is 0.0417. The second-order valence-corrected chi connectivity index (χ2v) is 6.98. The van der Waals surface area contributed by atoms with Gasteiger partial charge in [0.1, 0.15) is 0 Å². The molecule has 0 bridgehead atoms. The van der Waals surface area contributed by atoms with Gasteiger partial charge in [-0.05, 0) is 61.0 Å². The molecule has 32 heavy (non-hydrogen) atoms. The molecule has 0 saturated carbocycles. The minimum absolute atomic E-state index is 0.160. The van der Waals surface area contributed by atoms with E-state index in [4.69, 9.17) is 4.42 Å². The zero-order chi connectivity index (χ0) is 22.5. The summed E-state index contributed by atoms with van der Waals surface area (Å²) in [6.07, 6.45) is 5.06. The molecule has 0 unspecified atom stereocenters. The molecular weight excluding hydrogens is 408 g/mol. The van der Waals surface area contributed by atoms with E-state index in [1.165, 1.54) is 12.3 Å². The van der Waals surface area contributed by atoms with Crippen LogP contribution in [0.4, 0.5) is 5.69 Å². The Morgan fingerprint density at radius 3 is 2.31 bits per heavy atom. The van der Waals surface area contributed by atoms with Gasteiger partial charge in [-0.3, -0.25) is 25.2 Å². The number of aromatic nitrogens is 1. The van der Waals surface area contributed by atoms with Crippen molar-refractivity contribution in [2.24, 2.45) is 0 Å². The van der Waals surface area contributed by atoms with Gasteiger partial charge in [-0.2, -0.15) is 0 Å². The van der Waals surface area contributed by atoms with Gasteiger partial charge in [0, 0.05) is 23.6 Å². The number of nitrogens with zero attached hydrogens (tertiary/aromatic N) is 1. The Morgan fingerprint density at radius 1 is 0.812 bits per heavy atom. The number of para-hydroxylation sites is 1. The maximum Gasteiger partial charge on any atom is 0.291 e. The molecule has 0 spiro atoms. The second-order valence-electron chi connectivity index (χ2n) is 6.98. The SMILES string of the molecule is Cc1ccc(C(=O)NNC(=O)c2ccccc2-n2cccc2)cc1NC(=O)c1ccco1. The predicted molar refractivity (Wildman–Crippen MR) is 119 cm³/mol. The van der Waals surface area contributed by atoms with Crippen LogP contribution in [-0.2, 0) is 0 Å². The number of anilines is 1. The Hall–Kier alpha value is -4.59. The molecule has 2 aromatic carbocycles. The average Bonchev–Trinajstić information content (AvgIpc) is 3.53. The van der Waals surface area contributed by atoms with Crippen molar-refractivity contribution in [1.82, 2.24) is 15.4 Å². The quantitative estimate of drug-likeness (QED) is 0.422. The van der Waals surface area contributed by atoms with Gasteiger partial charge in [-0.25, -0.2) is 0 Å². The Morgan fingerprint density at radius 2 is 1.56 bits per heavy atom. The molecule has 0 radical (unpaired) electrons. The number of hydrogen-bond donors (Lipinski definition) is 3. The molecule has 8 nitrogen and oxygen atoms in total. The first kappa shape index (κ1) is 20.7. The standard InChI is InChI=1S/C24H20N4O4/c1-16-10-11-17(15-19(16)25-24(31)21-9-6-14-32-21)22(29)26-27-23(30)18-7-2-3-8-20(18)28-12-4-5-13-28/h2-15H,1H3,(H,25,31)(H,26,29)(H,27,30). The lowest BCUT2D eigenvalue weighted by atomic mass is 10.1. The number of hydrogen-bond acceptors (Lipinski definition) is 4. The Balaban J connectivity index is 1.45. The van der Waals surface area contributed by atoms with Gasteiger partial charge in [0.25, 0.3) is 17.7 Å². The summed E-state index contributed by atoms with van der Waals surface area (Å²) >= 11 is 0. The second kappa shape index (κ2) is 9.05. The number of furan rings is 1. The van der Waals surface area contributed by atoms with Crippen molar-refractivity contribution in [3.63, 3.8) is 0 Å². The highest BCUT2D eigenvalue weighted by atomic mass is 16.3. The molecule has 0 aliphatic heterocycles. The zero-order valence-electron chi connectivity index (χ0n) is 17.2. The molecular formula is C24H20N4O4. The van der Waals surface area contributed by atoms with E-state index in [2.05, 4.69) is 16.2 Å². The van der Waals surface area contributed by atoms with Crippen LogP contribution in [0.2, 0.25) is 0 Å². The van der Waals surface area contributed by atoms with E-state index in [1.807, 2.05) is 41.2 Å². The van der Waals surface area contributed by atoms with Crippen molar-refractivity contribution < 1.29 is 18.8 Å². The lowest BCUT2D eigenvalue weighted by Crippen LogP contribution is -2.42. The maximum absolute atomic E-state index is 12.7. The molecule has 0 saturated heterocycles. The Bertz CT molecular complexity index is 1260. The molecule has 0 fully saturated rings. The summed E-state index contributed by atoms with van der Waals surface area (Å²) in [5, 5.41) is 2.72. The van der Waals surface area contributed by atoms with Crippen LogP contribution in [0, 0.1) is 6.92 Å². The highest BCUT2D eigenvalue weighted by molar-refractivity contribution is 6.04. The Kier molecular flexibility index (Phi) is 5.85. The van der Waals surface area contributed by atoms with E-state index >= 15 is 0 Å². The highest BCUT2D eigenvalue weighted by Gasteiger charge is 2.15. The molecule has 2 aromatic heterocycles. The van der Waals surface area contributed by atoms with Gasteiger partial charge in [-0.1, -0.05) is 18.2 Å². The molecule has 160 valence electrons. The van der Waals surface area contributed by atoms with Crippen LogP contribution >= 0.6 is 0 Å². The number of benzene rings is 2. The summed E-state index contributed by atoms with van der Waals surface area (Å²) in [6.45, 7) is 1.80. The van der Waals surface area contributed by atoms with Crippen molar-refractivity contribution in [3.8, 4) is 5.69 Å². The number of hydrazine groups is 1. The van der Waals surface area contributed by atoms with Crippen LogP contribution in [0.3, 0.4) is 0 Å². The first-order valence-corrected chi connectivity index (χ1v) is 9.81. The van der Waals surface area contributed by atoms with E-state index < -0.39 is 17.7 Å². The van der Waals surface area contributed by atoms with E-state index in [9.17, 15) is 14.4 Å². The van der Waals surface area contributed by atoms with Gasteiger partial charge in [0.15, 0.2) is 5.76 Å². The number of nitrogens with one attached hydrogen (secondary N) is 3. The van der Waals surface area contributed by atoms with Gasteiger partial charge < -0.3 is 14.3 Å². The van der Waals surface area contributed by atoms with Crippen molar-refractivity contribution in [1.29, 1.82) is 0 Å². The third-order valence-corrected chi connectivity index (χ3v) is 4.81. The number of carbonyl (C=O) groups is 3. The zero-order valence-corrected chi connectivity index (χ0v) is 17.2. The number of carbonyl (C=O) groups excluding carboxylic acids is 3. The van der Waals surface area contributed by atoms with Crippen molar-refractivity contribution in [2.45, 2.75) is 6.92 Å². The van der Waals surface area contributed by atoms with E-state index in [1.54, 1.807) is 43.3 Å². The van der Waals surface area contributed by atoms with Gasteiger partial charge in [0.05, 0.1) is 17.5 Å². The fourth-order valence-electron chi connectivity index (χ4n) is 3.13. The minimum Gasteiger partial charge on any atom is -0.459 e. The normalized spacial score (nSPS) is 10.4. The van der Waals surface area contributed by atoms with Crippen LogP contribution in [0.5, 0.6) is 0 Å². The van der Waals surface area contributed by atoms with E-state index in [-0.39, 0.29) is 11.3 Å². The molecule has 0 aliphatic carbocycles. The molecule has 3 N–H and O–H groups in total. The molecule has 4 aromatic rings. The maximum atomic E-state index is 12.7. The molecule has 3 amide bonds. The highest BCUT2D eigenvalue weighted by Crippen LogP contribution is 2.18. The first-order valence-electron chi connectivity index (χ1n) is 9.81. The average molecular weight is 428 g/mol. The number of rotatable bonds is 5. The summed E-state index contributed by atoms with van der Waals surface area (Å²) in [5.74, 6) is -1.25. The van der Waals surface area contributed by atoms with Crippen molar-refractivity contribution in [3.05, 3.63) is 108 Å². The third kappa shape index (κ3) is 4.44. The molecule has 0 atom stereocenters. The van der Waals surface area contributed by atoms with E-state index in [0.717, 1.165) is 5.56 Å². The number of aryl methyl sites for hydroxylation is 1. The van der Waals surface area contributed by atoms with Crippen LogP contribution in [-0.4, -0.2) is 22.3 Å². The summed E-state index contributed by atoms with van der Waals surface area (Å²) in [4.78, 5) is 37.5. The fourth-order valence-corrected chi connectivity index (χ4v) is 3.13. The van der Waals surface area contributed by atoms with E-state index in [0.29, 0.717) is 16.9 Å². The summed E-state index contributed by atoms with van der Waals surface area (Å²) in [6, 6.07) is 18.8. The van der Waals surface area contributed by atoms with Crippen LogP contribution in [0.15, 0.2) is 89.8 Å². The van der Waals surface area contributed by atoms with Gasteiger partial charge in [-0.15, -0.1) is 0 Å². The lowest BCUT2D eigenvalue weighted by molar-refractivity contribution is 0.0846. The minimum atomic E-state index is -0.523. The predicted octanol–water partition coefficient (Wildman–Crippen LogP) is 3.71. The third-order valence-electron chi connectivity index (χ3n) is 4.81. The van der Waals surface area contributed by atoms with Crippen LogP contribution in [0.1, 0.15) is 36.8 Å². The molecule has 0 aliphatic rings. The molecule has 8 heteroatoms. The summed E-state index contributed by atoms with van der Waals surface area (Å²) in [7, 11) is 0. The summed E-state index contributed by atoms with van der Waals surface area (Å²) < 4.78 is 6.90. The van der Waals surface area contributed by atoms with Gasteiger partial charge in [0.2, 0.25) is 0 Å². The molecule has 4 rings (SSSR count). The number of amides is 3. The Labute approximate surface area is 183 Å². The monoisotopic (exact) mass is 428 g/mol. The largest absolute Gasteiger partial charge is 0.459 e. The van der Waals surface area contributed by atoms with Crippen molar-refractivity contribution >= 4 is 23.4 Å². The lowest BCUT2D eigenvalue weighted by Gasteiger charge is -2.13. The van der Waals surface area contributed by atoms with Crippen LogP contribution in [0.25, 0.3) is 5.69 Å².